The van der Waals surface area contributed by atoms with Crippen molar-refractivity contribution < 1.29 is 4.42 Å². The number of hydrogen-bond donors (Lipinski definition) is 0. The first-order valence-corrected chi connectivity index (χ1v) is 8.79. The van der Waals surface area contributed by atoms with Crippen LogP contribution in [0.4, 0.5) is 0 Å². The molecule has 0 N–H and O–H groups in total. The molecule has 130 valence electrons. The van der Waals surface area contributed by atoms with Gasteiger partial charge < -0.3 is 4.42 Å². The number of rotatable bonds is 2. The van der Waals surface area contributed by atoms with Gasteiger partial charge in [0.1, 0.15) is 5.58 Å². The molecule has 0 aliphatic rings. The lowest BCUT2D eigenvalue weighted by atomic mass is 9.89. The molecular weight excluding hydrogens is 332 g/mol. The first-order chi connectivity index (χ1) is 13.1. The molecular formula is C25H18O2. The maximum absolute atomic E-state index is 12.1. The minimum atomic E-state index is -0.341. The summed E-state index contributed by atoms with van der Waals surface area (Å²) in [5, 5.41) is 0.961. The van der Waals surface area contributed by atoms with Crippen LogP contribution in [0.25, 0.3) is 33.2 Å². The van der Waals surface area contributed by atoms with Crippen molar-refractivity contribution in [2.24, 2.45) is 0 Å². The Kier molecular flexibility index (Phi) is 4.14. The molecule has 0 unspecified atom stereocenters. The monoisotopic (exact) mass is 350 g/mol. The van der Waals surface area contributed by atoms with E-state index in [0.29, 0.717) is 5.58 Å². The highest BCUT2D eigenvalue weighted by atomic mass is 16.4. The van der Waals surface area contributed by atoms with Crippen LogP contribution >= 0.6 is 0 Å². The molecule has 4 aromatic rings. The summed E-state index contributed by atoms with van der Waals surface area (Å²) in [5.41, 5.74) is 7.38. The van der Waals surface area contributed by atoms with E-state index in [0.717, 1.165) is 44.3 Å². The van der Waals surface area contributed by atoms with Crippen molar-refractivity contribution in [3.8, 4) is 34.6 Å². The third-order valence-electron chi connectivity index (χ3n) is 4.91. The van der Waals surface area contributed by atoms with Crippen molar-refractivity contribution in [1.29, 1.82) is 0 Å². The Morgan fingerprint density at radius 2 is 1.59 bits per heavy atom. The van der Waals surface area contributed by atoms with Crippen LogP contribution in [0.5, 0.6) is 0 Å². The molecule has 2 heteroatoms. The summed E-state index contributed by atoms with van der Waals surface area (Å²) in [5.74, 6) is 2.65. The standard InChI is InChI=1S/C25H18O2/c1-4-18-10-12-20(13-11-18)24-16(2)14-22-25(17(24)3)21(15-23(26)27-22)19-8-6-5-7-9-19/h1,5-15H,2-3H3. The fraction of sp³-hybridized carbons (Fsp3) is 0.0800. The van der Waals surface area contributed by atoms with Crippen molar-refractivity contribution >= 4 is 11.0 Å². The molecule has 0 radical (unpaired) electrons. The van der Waals surface area contributed by atoms with E-state index in [1.807, 2.05) is 67.6 Å². The van der Waals surface area contributed by atoms with E-state index in [-0.39, 0.29) is 5.63 Å². The molecule has 0 saturated heterocycles. The predicted molar refractivity (Wildman–Crippen MR) is 111 cm³/mol. The predicted octanol–water partition coefficient (Wildman–Crippen LogP) is 5.73. The smallest absolute Gasteiger partial charge is 0.336 e. The summed E-state index contributed by atoms with van der Waals surface area (Å²) in [4.78, 5) is 12.1. The molecule has 3 aromatic carbocycles. The Hall–Kier alpha value is -3.57. The highest BCUT2D eigenvalue weighted by molar-refractivity contribution is 6.00. The van der Waals surface area contributed by atoms with Crippen LogP contribution in [0.2, 0.25) is 0 Å². The van der Waals surface area contributed by atoms with Crippen LogP contribution in [0.1, 0.15) is 16.7 Å². The van der Waals surface area contributed by atoms with Crippen molar-refractivity contribution in [2.45, 2.75) is 13.8 Å². The average Bonchev–Trinajstić information content (AvgIpc) is 2.68. The van der Waals surface area contributed by atoms with Gasteiger partial charge in [-0.1, -0.05) is 48.4 Å². The quantitative estimate of drug-likeness (QED) is 0.342. The molecule has 0 bridgehead atoms. The minimum Gasteiger partial charge on any atom is -0.423 e. The van der Waals surface area contributed by atoms with Gasteiger partial charge in [0, 0.05) is 22.6 Å². The maximum atomic E-state index is 12.1. The van der Waals surface area contributed by atoms with E-state index in [1.165, 1.54) is 0 Å². The molecule has 0 saturated carbocycles. The number of terminal acetylenes is 1. The summed E-state index contributed by atoms with van der Waals surface area (Å²) in [6, 6.07) is 21.4. The second kappa shape index (κ2) is 6.63. The van der Waals surface area contributed by atoms with Crippen LogP contribution in [0.15, 0.2) is 75.9 Å². The number of aryl methyl sites for hydroxylation is 2. The molecule has 4 rings (SSSR count). The Morgan fingerprint density at radius 1 is 0.889 bits per heavy atom. The van der Waals surface area contributed by atoms with Gasteiger partial charge in [0.25, 0.3) is 0 Å². The van der Waals surface area contributed by atoms with Gasteiger partial charge in [-0.05, 0) is 59.9 Å². The van der Waals surface area contributed by atoms with Gasteiger partial charge in [0.15, 0.2) is 0 Å². The van der Waals surface area contributed by atoms with Crippen LogP contribution in [0, 0.1) is 26.2 Å². The van der Waals surface area contributed by atoms with Gasteiger partial charge in [-0.3, -0.25) is 0 Å². The lowest BCUT2D eigenvalue weighted by Crippen LogP contribution is -2.01. The molecule has 0 aliphatic carbocycles. The third-order valence-corrected chi connectivity index (χ3v) is 4.91. The Labute approximate surface area is 158 Å². The minimum absolute atomic E-state index is 0.341. The van der Waals surface area contributed by atoms with Gasteiger partial charge in [0.2, 0.25) is 0 Å². The molecule has 2 nitrogen and oxygen atoms in total. The van der Waals surface area contributed by atoms with Crippen LogP contribution in [-0.4, -0.2) is 0 Å². The van der Waals surface area contributed by atoms with E-state index in [4.69, 9.17) is 10.8 Å². The Morgan fingerprint density at radius 3 is 2.26 bits per heavy atom. The zero-order valence-electron chi connectivity index (χ0n) is 15.2. The summed E-state index contributed by atoms with van der Waals surface area (Å²) >= 11 is 0. The number of hydrogen-bond acceptors (Lipinski definition) is 2. The van der Waals surface area contributed by atoms with E-state index >= 15 is 0 Å². The highest BCUT2D eigenvalue weighted by Gasteiger charge is 2.16. The van der Waals surface area contributed by atoms with Crippen molar-refractivity contribution in [3.63, 3.8) is 0 Å². The third kappa shape index (κ3) is 2.94. The molecule has 0 atom stereocenters. The molecule has 0 amide bonds. The van der Waals surface area contributed by atoms with Crippen molar-refractivity contribution in [1.82, 2.24) is 0 Å². The summed E-state index contributed by atoms with van der Waals surface area (Å²) in [6.07, 6.45) is 5.48. The van der Waals surface area contributed by atoms with Gasteiger partial charge in [0.05, 0.1) is 0 Å². The van der Waals surface area contributed by atoms with Gasteiger partial charge in [-0.2, -0.15) is 0 Å². The van der Waals surface area contributed by atoms with Gasteiger partial charge in [-0.15, -0.1) is 6.42 Å². The van der Waals surface area contributed by atoms with Crippen LogP contribution < -0.4 is 5.63 Å². The summed E-state index contributed by atoms with van der Waals surface area (Å²) in [7, 11) is 0. The zero-order chi connectivity index (χ0) is 19.0. The normalized spacial score (nSPS) is 10.7. The Balaban J connectivity index is 2.07. The van der Waals surface area contributed by atoms with Gasteiger partial charge in [-0.25, -0.2) is 4.79 Å². The summed E-state index contributed by atoms with van der Waals surface area (Å²) in [6.45, 7) is 4.11. The molecule has 0 aliphatic heterocycles. The second-order valence-electron chi connectivity index (χ2n) is 6.63. The lowest BCUT2D eigenvalue weighted by molar-refractivity contribution is 0.561. The fourth-order valence-corrected chi connectivity index (χ4v) is 3.71. The molecule has 1 heterocycles. The molecule has 0 fully saturated rings. The van der Waals surface area contributed by atoms with E-state index in [9.17, 15) is 4.79 Å². The molecule has 0 spiro atoms. The van der Waals surface area contributed by atoms with Crippen LogP contribution in [0.3, 0.4) is 0 Å². The fourth-order valence-electron chi connectivity index (χ4n) is 3.71. The summed E-state index contributed by atoms with van der Waals surface area (Å²) < 4.78 is 5.53. The Bertz CT molecular complexity index is 1240. The first kappa shape index (κ1) is 16.9. The maximum Gasteiger partial charge on any atom is 0.336 e. The highest BCUT2D eigenvalue weighted by Crippen LogP contribution is 2.37. The lowest BCUT2D eigenvalue weighted by Gasteiger charge is -2.16. The average molecular weight is 350 g/mol. The first-order valence-electron chi connectivity index (χ1n) is 8.79. The molecule has 1 aromatic heterocycles. The van der Waals surface area contributed by atoms with Crippen molar-refractivity contribution in [2.75, 3.05) is 0 Å². The van der Waals surface area contributed by atoms with E-state index < -0.39 is 0 Å². The molecule has 27 heavy (non-hydrogen) atoms. The van der Waals surface area contributed by atoms with Gasteiger partial charge >= 0.3 is 5.63 Å². The van der Waals surface area contributed by atoms with Crippen molar-refractivity contribution in [3.05, 3.63) is 93.8 Å². The van der Waals surface area contributed by atoms with Crippen LogP contribution in [-0.2, 0) is 0 Å². The van der Waals surface area contributed by atoms with E-state index in [1.54, 1.807) is 6.07 Å². The zero-order valence-corrected chi connectivity index (χ0v) is 15.2. The second-order valence-corrected chi connectivity index (χ2v) is 6.63. The number of benzene rings is 3. The number of fused-ring (bicyclic) bond motifs is 1. The van der Waals surface area contributed by atoms with E-state index in [2.05, 4.69) is 12.8 Å². The SMILES string of the molecule is C#Cc1ccc(-c2c(C)cc3oc(=O)cc(-c4ccccc4)c3c2C)cc1. The topological polar surface area (TPSA) is 30.2 Å². The largest absolute Gasteiger partial charge is 0.423 e.